The molecule has 7 rings (SSSR count). The largest absolute Gasteiger partial charge is 0.379 e. The lowest BCUT2D eigenvalue weighted by Crippen LogP contribution is -2.56. The molecule has 44 heavy (non-hydrogen) atoms. The summed E-state index contributed by atoms with van der Waals surface area (Å²) in [7, 11) is 0. The van der Waals surface area contributed by atoms with Crippen LogP contribution in [-0.4, -0.2) is 112 Å². The molecule has 2 fully saturated rings. The second-order valence-electron chi connectivity index (χ2n) is 12.2. The van der Waals surface area contributed by atoms with Crippen molar-refractivity contribution in [1.82, 2.24) is 35.1 Å². The van der Waals surface area contributed by atoms with Gasteiger partial charge in [-0.15, -0.1) is 0 Å². The quantitative estimate of drug-likeness (QED) is 0.414. The standard InChI is InChI=1S/C32H40N8O4/c41-30-29(35-31(42)38-11-9-24(10-12-38)40-20-23-3-1-2-4-27(23)34-32(40)43)8-6-22-5-7-28-25(19-33-36-28)26(22)21-39(30)14-13-37-15-17-44-18-16-37/h1-5,7,19,24,29H,6,8-18,20-21H2,(H,33,36)(H,34,43)(H,35,42)/t29-/m1/s1. The van der Waals surface area contributed by atoms with Crippen LogP contribution in [0, 0.1) is 0 Å². The minimum absolute atomic E-state index is 0.0451. The zero-order valence-electron chi connectivity index (χ0n) is 25.0. The smallest absolute Gasteiger partial charge is 0.322 e. The maximum Gasteiger partial charge on any atom is 0.322 e. The van der Waals surface area contributed by atoms with Gasteiger partial charge < -0.3 is 30.1 Å². The Labute approximate surface area is 256 Å². The molecule has 0 bridgehead atoms. The lowest BCUT2D eigenvalue weighted by Gasteiger charge is -2.41. The van der Waals surface area contributed by atoms with E-state index >= 15 is 0 Å². The molecule has 0 spiro atoms. The Hall–Kier alpha value is -4.16. The van der Waals surface area contributed by atoms with Crippen molar-refractivity contribution in [2.24, 2.45) is 0 Å². The lowest BCUT2D eigenvalue weighted by atomic mass is 9.94. The molecule has 12 nitrogen and oxygen atoms in total. The third-order valence-electron chi connectivity index (χ3n) is 9.63. The fraction of sp³-hybridized carbons (Fsp3) is 0.500. The van der Waals surface area contributed by atoms with Gasteiger partial charge in [-0.1, -0.05) is 24.3 Å². The number of piperidine rings is 1. The average molecular weight is 601 g/mol. The van der Waals surface area contributed by atoms with Crippen molar-refractivity contribution in [2.45, 2.75) is 50.9 Å². The zero-order valence-corrected chi connectivity index (χ0v) is 25.0. The van der Waals surface area contributed by atoms with Gasteiger partial charge in [0.05, 0.1) is 24.9 Å². The number of amides is 5. The molecule has 0 radical (unpaired) electrons. The number of hydrogen-bond acceptors (Lipinski definition) is 6. The van der Waals surface area contributed by atoms with Crippen LogP contribution in [0.2, 0.25) is 0 Å². The predicted molar refractivity (Wildman–Crippen MR) is 165 cm³/mol. The number of aryl methyl sites for hydroxylation is 1. The first-order valence-corrected chi connectivity index (χ1v) is 15.8. The monoisotopic (exact) mass is 600 g/mol. The summed E-state index contributed by atoms with van der Waals surface area (Å²) in [6.07, 6.45) is 4.45. The van der Waals surface area contributed by atoms with E-state index in [1.165, 1.54) is 5.56 Å². The van der Waals surface area contributed by atoms with E-state index in [4.69, 9.17) is 4.74 Å². The molecular formula is C32H40N8O4. The van der Waals surface area contributed by atoms with Crippen molar-refractivity contribution in [2.75, 3.05) is 57.8 Å². The van der Waals surface area contributed by atoms with Crippen molar-refractivity contribution in [3.63, 3.8) is 0 Å². The fourth-order valence-electron chi connectivity index (χ4n) is 7.00. The summed E-state index contributed by atoms with van der Waals surface area (Å²) in [6, 6.07) is 11.2. The van der Waals surface area contributed by atoms with Gasteiger partial charge in [0.2, 0.25) is 5.91 Å². The molecule has 0 unspecified atom stereocenters. The van der Waals surface area contributed by atoms with Crippen LogP contribution in [0.25, 0.3) is 10.9 Å². The second-order valence-corrected chi connectivity index (χ2v) is 12.2. The number of H-pyrrole nitrogens is 1. The number of para-hydroxylation sites is 1. The van der Waals surface area contributed by atoms with E-state index in [2.05, 4.69) is 31.8 Å². The van der Waals surface area contributed by atoms with Crippen molar-refractivity contribution in [3.05, 3.63) is 59.3 Å². The Morgan fingerprint density at radius 2 is 1.77 bits per heavy atom. The number of fused-ring (bicyclic) bond motifs is 4. The normalized spacial score (nSPS) is 21.8. The van der Waals surface area contributed by atoms with E-state index in [9.17, 15) is 14.4 Å². The fourth-order valence-corrected chi connectivity index (χ4v) is 7.00. The van der Waals surface area contributed by atoms with E-state index in [1.807, 2.05) is 46.3 Å². The van der Waals surface area contributed by atoms with E-state index in [0.29, 0.717) is 71.6 Å². The number of nitrogens with zero attached hydrogens (tertiary/aromatic N) is 5. The van der Waals surface area contributed by atoms with E-state index in [1.54, 1.807) is 4.90 Å². The van der Waals surface area contributed by atoms with Gasteiger partial charge in [0, 0.05) is 69.5 Å². The molecule has 1 aromatic heterocycles. The molecule has 0 aliphatic carbocycles. The highest BCUT2D eigenvalue weighted by molar-refractivity contribution is 5.92. The summed E-state index contributed by atoms with van der Waals surface area (Å²) in [5.74, 6) is -0.0451. The summed E-state index contributed by atoms with van der Waals surface area (Å²) in [6.45, 7) is 6.57. The predicted octanol–water partition coefficient (Wildman–Crippen LogP) is 2.76. The zero-order chi connectivity index (χ0) is 30.0. The van der Waals surface area contributed by atoms with Crippen molar-refractivity contribution in [3.8, 4) is 0 Å². The Kier molecular flexibility index (Phi) is 8.09. The summed E-state index contributed by atoms with van der Waals surface area (Å²) in [5, 5.41) is 14.4. The molecule has 5 amide bonds. The molecule has 3 aromatic rings. The Bertz CT molecular complexity index is 1530. The summed E-state index contributed by atoms with van der Waals surface area (Å²) < 4.78 is 5.51. The third kappa shape index (κ3) is 5.83. The van der Waals surface area contributed by atoms with Gasteiger partial charge in [-0.3, -0.25) is 14.8 Å². The number of likely N-dealkylation sites (tertiary alicyclic amines) is 1. The molecule has 5 heterocycles. The molecule has 1 atom stereocenters. The molecule has 2 saturated heterocycles. The van der Waals surface area contributed by atoms with Crippen LogP contribution in [0.4, 0.5) is 15.3 Å². The first kappa shape index (κ1) is 28.6. The van der Waals surface area contributed by atoms with Gasteiger partial charge >= 0.3 is 12.1 Å². The van der Waals surface area contributed by atoms with E-state index in [-0.39, 0.29) is 24.0 Å². The SMILES string of the molecule is O=C(N[C@@H]1CCc2ccc3[nH]ncc3c2CN(CCN2CCOCC2)C1=O)N1CCC(N2Cc3ccccc3NC2=O)CC1. The summed E-state index contributed by atoms with van der Waals surface area (Å²) in [5.41, 5.74) is 5.24. The van der Waals surface area contributed by atoms with Crippen LogP contribution in [0.3, 0.4) is 0 Å². The first-order chi connectivity index (χ1) is 21.5. The molecule has 232 valence electrons. The highest BCUT2D eigenvalue weighted by Gasteiger charge is 2.35. The number of carbonyl (C=O) groups excluding carboxylic acids is 3. The van der Waals surface area contributed by atoms with Crippen LogP contribution in [0.15, 0.2) is 42.6 Å². The minimum Gasteiger partial charge on any atom is -0.379 e. The average Bonchev–Trinajstić information content (AvgIpc) is 3.54. The Morgan fingerprint density at radius 1 is 0.955 bits per heavy atom. The number of carbonyl (C=O) groups is 3. The number of urea groups is 2. The van der Waals surface area contributed by atoms with Gasteiger partial charge in [-0.2, -0.15) is 5.10 Å². The number of hydrogen-bond donors (Lipinski definition) is 3. The Balaban J connectivity index is 1.02. The van der Waals surface area contributed by atoms with Gasteiger partial charge in [0.1, 0.15) is 6.04 Å². The minimum atomic E-state index is -0.609. The molecule has 4 aliphatic rings. The number of morpholine rings is 1. The van der Waals surface area contributed by atoms with E-state index in [0.717, 1.165) is 47.4 Å². The van der Waals surface area contributed by atoms with Crippen LogP contribution < -0.4 is 10.6 Å². The maximum atomic E-state index is 14.0. The molecular weight excluding hydrogens is 560 g/mol. The topological polar surface area (TPSA) is 126 Å². The second kappa shape index (κ2) is 12.4. The first-order valence-electron chi connectivity index (χ1n) is 15.8. The van der Waals surface area contributed by atoms with Crippen LogP contribution in [0.1, 0.15) is 36.0 Å². The maximum absolute atomic E-state index is 14.0. The number of aromatic amines is 1. The summed E-state index contributed by atoms with van der Waals surface area (Å²) >= 11 is 0. The van der Waals surface area contributed by atoms with Crippen molar-refractivity contribution >= 4 is 34.6 Å². The number of ether oxygens (including phenoxy) is 1. The highest BCUT2D eigenvalue weighted by atomic mass is 16.5. The number of aromatic nitrogens is 2. The van der Waals surface area contributed by atoms with Gasteiger partial charge in [-0.25, -0.2) is 9.59 Å². The number of nitrogens with one attached hydrogen (secondary N) is 3. The molecule has 0 saturated carbocycles. The van der Waals surface area contributed by atoms with Crippen LogP contribution in [0.5, 0.6) is 0 Å². The van der Waals surface area contributed by atoms with Gasteiger partial charge in [-0.05, 0) is 54.5 Å². The van der Waals surface area contributed by atoms with Crippen molar-refractivity contribution in [1.29, 1.82) is 0 Å². The molecule has 12 heteroatoms. The van der Waals surface area contributed by atoms with Crippen molar-refractivity contribution < 1.29 is 19.1 Å². The molecule has 4 aliphatic heterocycles. The third-order valence-corrected chi connectivity index (χ3v) is 9.63. The summed E-state index contributed by atoms with van der Waals surface area (Å²) in [4.78, 5) is 48.3. The van der Waals surface area contributed by atoms with Gasteiger partial charge in [0.15, 0.2) is 0 Å². The number of anilines is 1. The lowest BCUT2D eigenvalue weighted by molar-refractivity contribution is -0.134. The molecule has 3 N–H and O–H groups in total. The van der Waals surface area contributed by atoms with Crippen LogP contribution in [-0.2, 0) is 29.0 Å². The van der Waals surface area contributed by atoms with Gasteiger partial charge in [0.25, 0.3) is 0 Å². The highest BCUT2D eigenvalue weighted by Crippen LogP contribution is 2.29. The Morgan fingerprint density at radius 3 is 2.61 bits per heavy atom. The number of benzene rings is 2. The van der Waals surface area contributed by atoms with E-state index < -0.39 is 6.04 Å². The van der Waals surface area contributed by atoms with Crippen LogP contribution >= 0.6 is 0 Å². The number of rotatable bonds is 5. The molecule has 2 aromatic carbocycles.